The van der Waals surface area contributed by atoms with Crippen LogP contribution in [-0.2, 0) is 47.8 Å². The molecule has 508 valence electrons. The lowest BCUT2D eigenvalue weighted by molar-refractivity contribution is -0.144. The summed E-state index contributed by atoms with van der Waals surface area (Å²) in [5.74, 6) is -1.65. The van der Waals surface area contributed by atoms with Crippen LogP contribution >= 0.6 is 23.2 Å². The number of Topliss-reactive ketones (excluding diaryl/α,β-unsaturated/α-hetero) is 1. The zero-order valence-corrected chi connectivity index (χ0v) is 57.8. The number of allylic oxidation sites excluding steroid dienone is 1. The monoisotopic (exact) mass is 1310 g/mol. The largest absolute Gasteiger partial charge is 0.490 e. The summed E-state index contributed by atoms with van der Waals surface area (Å²) in [4.78, 5) is 106. The van der Waals surface area contributed by atoms with E-state index in [1.807, 2.05) is 123 Å². The van der Waals surface area contributed by atoms with Gasteiger partial charge in [-0.05, 0) is 112 Å². The van der Waals surface area contributed by atoms with E-state index in [0.29, 0.717) is 68.6 Å². The Morgan fingerprint density at radius 1 is 0.802 bits per heavy atom. The molecule has 5 rings (SSSR count). The van der Waals surface area contributed by atoms with Gasteiger partial charge in [-0.1, -0.05) is 124 Å². The summed E-state index contributed by atoms with van der Waals surface area (Å²) in [5.41, 5.74) is 7.98. The fourth-order valence-corrected chi connectivity index (χ4v) is 10.6. The molecular weight excluding hydrogens is 1210 g/mol. The van der Waals surface area contributed by atoms with Crippen LogP contribution in [0.15, 0.2) is 85.5 Å². The van der Waals surface area contributed by atoms with E-state index >= 15 is 0 Å². The van der Waals surface area contributed by atoms with Crippen LogP contribution in [0.5, 0.6) is 11.5 Å². The Balaban J connectivity index is 0.000000449. The van der Waals surface area contributed by atoms with Crippen molar-refractivity contribution in [1.82, 2.24) is 47.5 Å². The Kier molecular flexibility index (Phi) is 35.2. The third-order valence-electron chi connectivity index (χ3n) is 16.1. The molecule has 3 heterocycles. The number of amides is 7. The van der Waals surface area contributed by atoms with Crippen molar-refractivity contribution in [1.29, 1.82) is 0 Å². The van der Waals surface area contributed by atoms with Crippen LogP contribution in [0.4, 0.5) is 0 Å². The highest BCUT2D eigenvalue weighted by molar-refractivity contribution is 6.26. The number of fused-ring (bicyclic) bond motifs is 4. The van der Waals surface area contributed by atoms with Crippen molar-refractivity contribution in [2.45, 2.75) is 177 Å². The molecule has 0 radical (unpaired) electrons. The van der Waals surface area contributed by atoms with Gasteiger partial charge in [0.15, 0.2) is 0 Å². The first-order valence-corrected chi connectivity index (χ1v) is 33.0. The van der Waals surface area contributed by atoms with Crippen LogP contribution in [-0.4, -0.2) is 152 Å². The van der Waals surface area contributed by atoms with Gasteiger partial charge in [-0.15, -0.1) is 23.2 Å². The first-order chi connectivity index (χ1) is 43.2. The third-order valence-corrected chi connectivity index (χ3v) is 16.7. The average molecular weight is 1310 g/mol. The lowest BCUT2D eigenvalue weighted by Gasteiger charge is -2.36. The number of hydrogen-bond acceptors (Lipinski definition) is 14. The topological polar surface area (TPSA) is 264 Å². The molecule has 0 aliphatic carbocycles. The van der Waals surface area contributed by atoms with Gasteiger partial charge in [-0.2, -0.15) is 0 Å². The van der Waals surface area contributed by atoms with Crippen molar-refractivity contribution in [2.24, 2.45) is 41.4 Å². The highest BCUT2D eigenvalue weighted by Gasteiger charge is 2.37. The summed E-state index contributed by atoms with van der Waals surface area (Å²) in [7, 11) is 3.08. The standard InChI is InChI=1S/C34H53N5O6.C32H48N4O6.C2H4Cl2/c1-10-14-28(44-9)23(7)31(40)37-30(22(5)6)33(42)35-24(8)34(43)39-18-13-17-27(38-39)32(41)36-29(21(3)4)25-15-12-16-26(20-25)45-19-11-2;1-19(2)25-18-27(37)21(5)28(41-7)14-10-16-42-24-12-8-11-23(17-24)29(20(3)4)34-31(39)26-13-9-15-36(35-26)32(40)22(6)33-30(25)38;3-1-2-4/h10-12,14-16,20-24,27-30,38H,2,13,17-19H2,1,3-9H3,(H,35,42)(H,36,41)(H,37,40);8,10-12,14,17,19-22,25-26,28-29,35H,9,13,15-16,18H2,1-7H3,(H,33,38)(H,34,39);1-2H2/b2*14-10+;/t23-,24+,27+,28-,29-,30+;21-,22-,25-,26-,28+,29+;/m10./s1. The van der Waals surface area contributed by atoms with Gasteiger partial charge in [0.1, 0.15) is 60.7 Å². The van der Waals surface area contributed by atoms with E-state index < -0.39 is 66.1 Å². The Labute approximate surface area is 551 Å². The maximum Gasteiger partial charge on any atom is 0.258 e. The first kappa shape index (κ1) is 78.9. The lowest BCUT2D eigenvalue weighted by atomic mass is 9.85. The molecule has 4 bridgehead atoms. The van der Waals surface area contributed by atoms with E-state index in [0.717, 1.165) is 11.1 Å². The van der Waals surface area contributed by atoms with Crippen LogP contribution < -0.4 is 46.9 Å². The summed E-state index contributed by atoms with van der Waals surface area (Å²) in [5, 5.41) is 17.5. The molecule has 7 N–H and O–H groups in total. The van der Waals surface area contributed by atoms with E-state index in [4.69, 9.17) is 42.1 Å². The zero-order valence-electron chi connectivity index (χ0n) is 56.3. The Bertz CT molecular complexity index is 2730. The van der Waals surface area contributed by atoms with Crippen molar-refractivity contribution in [3.63, 3.8) is 0 Å². The Morgan fingerprint density at radius 3 is 2.09 bits per heavy atom. The fourth-order valence-electron chi connectivity index (χ4n) is 10.6. The van der Waals surface area contributed by atoms with E-state index in [1.54, 1.807) is 53.0 Å². The SMILES string of the molecule is C=CCOc1cccc([C@H](NC(=O)[C@@H]2CCCN(C(=O)[C@H](C)NC(=O)[C@@H](NC(=O)[C@H](C)[C@@H](/C=C/C)OC)C(C)C)N2)C(C)C)c1.CO[C@@H]1/C=C/COc2cccc(c2)[C@@H](C(C)C)NC(=O)[C@@H]2CCCN(N2)C(=O)[C@H](C)NC(=O)[C@H](C(C)C)CC(=O)[C@@H]1C.ClCCCl. The number of methoxy groups -OCH3 is 2. The van der Waals surface area contributed by atoms with Gasteiger partial charge in [0.2, 0.25) is 29.5 Å². The molecule has 3 aliphatic rings. The van der Waals surface area contributed by atoms with Crippen molar-refractivity contribution >= 4 is 70.3 Å². The fraction of sp³-hybridized carbons (Fsp3) is 0.618. The Morgan fingerprint density at radius 2 is 1.48 bits per heavy atom. The summed E-state index contributed by atoms with van der Waals surface area (Å²) >= 11 is 10.1. The second-order valence-electron chi connectivity index (χ2n) is 24.7. The Hall–Kier alpha value is -6.36. The average Bonchev–Trinajstić information content (AvgIpc) is 1.40. The van der Waals surface area contributed by atoms with Crippen LogP contribution in [0.1, 0.15) is 145 Å². The maximum absolute atomic E-state index is 13.4. The van der Waals surface area contributed by atoms with Crippen molar-refractivity contribution in [2.75, 3.05) is 52.3 Å². The molecule has 0 spiro atoms. The van der Waals surface area contributed by atoms with E-state index in [-0.39, 0.29) is 90.0 Å². The van der Waals surface area contributed by atoms with E-state index in [2.05, 4.69) is 44.0 Å². The minimum Gasteiger partial charge on any atom is -0.490 e. The van der Waals surface area contributed by atoms with Gasteiger partial charge < -0.3 is 45.5 Å². The predicted molar refractivity (Wildman–Crippen MR) is 357 cm³/mol. The normalized spacial score (nSPS) is 23.2. The molecule has 2 aromatic rings. The van der Waals surface area contributed by atoms with Gasteiger partial charge in [-0.3, -0.25) is 48.4 Å². The van der Waals surface area contributed by atoms with Gasteiger partial charge in [0, 0.05) is 57.3 Å². The number of rotatable bonds is 20. The van der Waals surface area contributed by atoms with E-state index in [1.165, 1.54) is 17.1 Å². The summed E-state index contributed by atoms with van der Waals surface area (Å²) in [6.07, 6.45) is 10.4. The minimum absolute atomic E-state index is 0.0315. The summed E-state index contributed by atoms with van der Waals surface area (Å²) in [6, 6.07) is 10.9. The molecule has 2 aromatic carbocycles. The maximum atomic E-state index is 13.4. The number of halogens is 2. The molecule has 2 fully saturated rings. The quantitative estimate of drug-likeness (QED) is 0.0487. The number of alkyl halides is 2. The highest BCUT2D eigenvalue weighted by Crippen LogP contribution is 2.29. The molecule has 0 unspecified atom stereocenters. The number of hydrazine groups is 2. The van der Waals surface area contributed by atoms with Crippen LogP contribution in [0.2, 0.25) is 0 Å². The van der Waals surface area contributed by atoms with Crippen LogP contribution in [0, 0.1) is 41.4 Å². The van der Waals surface area contributed by atoms with Gasteiger partial charge >= 0.3 is 0 Å². The van der Waals surface area contributed by atoms with Gasteiger partial charge in [0.25, 0.3) is 11.8 Å². The number of ketones is 1. The number of benzene rings is 2. The molecule has 0 aromatic heterocycles. The zero-order chi connectivity index (χ0) is 68.1. The number of hydrogen-bond donors (Lipinski definition) is 7. The number of carbonyl (C=O) groups is 8. The molecule has 12 atom stereocenters. The number of carbonyl (C=O) groups excluding carboxylic acids is 8. The number of nitrogens with one attached hydrogen (secondary N) is 7. The molecule has 7 amide bonds. The molecule has 21 nitrogen and oxygen atoms in total. The van der Waals surface area contributed by atoms with Crippen LogP contribution in [0.3, 0.4) is 0 Å². The van der Waals surface area contributed by atoms with Crippen molar-refractivity contribution in [3.05, 3.63) is 96.6 Å². The molecule has 3 aliphatic heterocycles. The molecule has 2 saturated heterocycles. The second-order valence-corrected chi connectivity index (χ2v) is 25.4. The van der Waals surface area contributed by atoms with Crippen molar-refractivity contribution in [3.8, 4) is 11.5 Å². The molecule has 91 heavy (non-hydrogen) atoms. The molecule has 23 heteroatoms. The van der Waals surface area contributed by atoms with Gasteiger partial charge in [-0.25, -0.2) is 10.9 Å². The van der Waals surface area contributed by atoms with E-state index in [9.17, 15) is 38.4 Å². The lowest BCUT2D eigenvalue weighted by Crippen LogP contribution is -2.62. The van der Waals surface area contributed by atoms with Crippen LogP contribution in [0.25, 0.3) is 0 Å². The molecular formula is C68H105Cl2N9O12. The molecule has 0 saturated carbocycles. The van der Waals surface area contributed by atoms with Crippen molar-refractivity contribution < 1.29 is 57.3 Å². The minimum atomic E-state index is -0.890. The predicted octanol–water partition coefficient (Wildman–Crippen LogP) is 8.23. The summed E-state index contributed by atoms with van der Waals surface area (Å²) in [6.45, 7) is 29.3. The third kappa shape index (κ3) is 25.2. The summed E-state index contributed by atoms with van der Waals surface area (Å²) < 4.78 is 22.6. The first-order valence-electron chi connectivity index (χ1n) is 31.9. The smallest absolute Gasteiger partial charge is 0.258 e. The second kappa shape index (κ2) is 40.6. The number of nitrogens with zero attached hydrogens (tertiary/aromatic N) is 2. The van der Waals surface area contributed by atoms with Gasteiger partial charge in [0.05, 0.1) is 30.2 Å². The highest BCUT2D eigenvalue weighted by atomic mass is 35.5. The number of ether oxygens (including phenoxy) is 4.